The van der Waals surface area contributed by atoms with Gasteiger partial charge in [-0.3, -0.25) is 4.79 Å². The zero-order valence-electron chi connectivity index (χ0n) is 7.70. The number of thioether (sulfide) groups is 1. The molecule has 1 heterocycles. The number of hydrogen-bond donors (Lipinski definition) is 0. The maximum absolute atomic E-state index is 11.4. The molecule has 0 saturated carbocycles. The Hall–Kier alpha value is -0.280. The minimum atomic E-state index is 0.251. The first-order chi connectivity index (χ1) is 6.75. The van der Waals surface area contributed by atoms with Crippen molar-refractivity contribution >= 4 is 33.5 Å². The average molecular weight is 271 g/mol. The summed E-state index contributed by atoms with van der Waals surface area (Å²) in [4.78, 5) is 11.4. The number of carbonyl (C=O) groups excluding carboxylic acids is 1. The van der Waals surface area contributed by atoms with Gasteiger partial charge in [0.25, 0.3) is 0 Å². The van der Waals surface area contributed by atoms with E-state index in [9.17, 15) is 4.79 Å². The van der Waals surface area contributed by atoms with E-state index in [2.05, 4.69) is 28.1 Å². The van der Waals surface area contributed by atoms with Crippen LogP contribution in [-0.4, -0.2) is 17.3 Å². The Labute approximate surface area is 96.4 Å². The van der Waals surface area contributed by atoms with Crippen LogP contribution < -0.4 is 0 Å². The molecule has 0 amide bonds. The maximum Gasteiger partial charge on any atom is 0.146 e. The third-order valence-electron chi connectivity index (χ3n) is 2.41. The van der Waals surface area contributed by atoms with Crippen molar-refractivity contribution in [2.75, 3.05) is 11.5 Å². The third kappa shape index (κ3) is 2.39. The molecule has 14 heavy (non-hydrogen) atoms. The number of halogens is 1. The van der Waals surface area contributed by atoms with E-state index in [0.29, 0.717) is 11.5 Å². The van der Waals surface area contributed by atoms with Crippen LogP contribution in [-0.2, 0) is 11.2 Å². The summed E-state index contributed by atoms with van der Waals surface area (Å²) in [6, 6.07) is 8.23. The van der Waals surface area contributed by atoms with Gasteiger partial charge < -0.3 is 0 Å². The van der Waals surface area contributed by atoms with Crippen molar-refractivity contribution < 1.29 is 4.79 Å². The van der Waals surface area contributed by atoms with Gasteiger partial charge in [-0.15, -0.1) is 0 Å². The van der Waals surface area contributed by atoms with E-state index in [1.165, 1.54) is 5.56 Å². The predicted octanol–water partition coefficient (Wildman–Crippen LogP) is 2.92. The highest BCUT2D eigenvalue weighted by Crippen LogP contribution is 2.24. The summed E-state index contributed by atoms with van der Waals surface area (Å²) in [5.74, 6) is 2.37. The Morgan fingerprint density at radius 2 is 2.07 bits per heavy atom. The number of ketones is 1. The number of benzene rings is 1. The van der Waals surface area contributed by atoms with Gasteiger partial charge >= 0.3 is 0 Å². The largest absolute Gasteiger partial charge is 0.298 e. The summed E-state index contributed by atoms with van der Waals surface area (Å²) in [5.41, 5.74) is 1.26. The molecular formula is C11H11BrOS. The second-order valence-electron chi connectivity index (χ2n) is 3.51. The second kappa shape index (κ2) is 4.49. The number of hydrogen-bond acceptors (Lipinski definition) is 2. The molecule has 1 nitrogen and oxygen atoms in total. The van der Waals surface area contributed by atoms with Gasteiger partial charge in [0.15, 0.2) is 0 Å². The molecule has 0 aliphatic carbocycles. The van der Waals surface area contributed by atoms with Crippen LogP contribution in [0.1, 0.15) is 5.56 Å². The lowest BCUT2D eigenvalue weighted by atomic mass is 9.98. The van der Waals surface area contributed by atoms with Crippen LogP contribution in [0.5, 0.6) is 0 Å². The van der Waals surface area contributed by atoms with Gasteiger partial charge in [0.1, 0.15) is 5.78 Å². The molecule has 0 spiro atoms. The summed E-state index contributed by atoms with van der Waals surface area (Å²) in [5, 5.41) is 0. The lowest BCUT2D eigenvalue weighted by Crippen LogP contribution is -2.13. The first kappa shape index (κ1) is 10.2. The Kier molecular flexibility index (Phi) is 3.29. The zero-order chi connectivity index (χ0) is 9.97. The Morgan fingerprint density at radius 1 is 1.36 bits per heavy atom. The molecule has 3 heteroatoms. The fourth-order valence-electron chi connectivity index (χ4n) is 1.59. The average Bonchev–Trinajstić information content (AvgIpc) is 2.56. The van der Waals surface area contributed by atoms with Crippen molar-refractivity contribution in [1.29, 1.82) is 0 Å². The summed E-state index contributed by atoms with van der Waals surface area (Å²) in [7, 11) is 0. The van der Waals surface area contributed by atoms with Gasteiger partial charge in [-0.05, 0) is 24.1 Å². The molecule has 1 atom stereocenters. The lowest BCUT2D eigenvalue weighted by molar-refractivity contribution is -0.119. The fourth-order valence-corrected chi connectivity index (χ4v) is 3.00. The van der Waals surface area contributed by atoms with Crippen molar-refractivity contribution in [1.82, 2.24) is 0 Å². The highest BCUT2D eigenvalue weighted by molar-refractivity contribution is 9.10. The summed E-state index contributed by atoms with van der Waals surface area (Å²) in [6.07, 6.45) is 0.902. The smallest absolute Gasteiger partial charge is 0.146 e. The number of carbonyl (C=O) groups is 1. The first-order valence-corrected chi connectivity index (χ1v) is 6.55. The van der Waals surface area contributed by atoms with Crippen molar-refractivity contribution in [3.63, 3.8) is 0 Å². The van der Waals surface area contributed by atoms with Crippen LogP contribution in [0.15, 0.2) is 28.7 Å². The number of Topliss-reactive ketones (excluding diaryl/α,β-unsaturated/α-hetero) is 1. The van der Waals surface area contributed by atoms with E-state index in [-0.39, 0.29) is 5.92 Å². The highest BCUT2D eigenvalue weighted by atomic mass is 79.9. The van der Waals surface area contributed by atoms with Gasteiger partial charge in [0, 0.05) is 16.1 Å². The van der Waals surface area contributed by atoms with Crippen molar-refractivity contribution in [3.8, 4) is 0 Å². The summed E-state index contributed by atoms with van der Waals surface area (Å²) < 4.78 is 1.09. The van der Waals surface area contributed by atoms with Crippen molar-refractivity contribution in [2.45, 2.75) is 6.42 Å². The monoisotopic (exact) mass is 270 g/mol. The van der Waals surface area contributed by atoms with Crippen LogP contribution in [0.25, 0.3) is 0 Å². The van der Waals surface area contributed by atoms with E-state index in [0.717, 1.165) is 16.6 Å². The quantitative estimate of drug-likeness (QED) is 0.822. The minimum Gasteiger partial charge on any atom is -0.298 e. The standard InChI is InChI=1S/C11H11BrOS/c12-10-3-1-8(2-4-10)5-9-6-14-7-11(9)13/h1-4,9H,5-7H2. The molecule has 0 N–H and O–H groups in total. The Bertz CT molecular complexity index is 334. The molecule has 1 fully saturated rings. The molecule has 0 bridgehead atoms. The topological polar surface area (TPSA) is 17.1 Å². The molecule has 1 aliphatic heterocycles. The Morgan fingerprint density at radius 3 is 2.64 bits per heavy atom. The SMILES string of the molecule is O=C1CSCC1Cc1ccc(Br)cc1. The summed E-state index contributed by atoms with van der Waals surface area (Å²) in [6.45, 7) is 0. The molecule has 1 aromatic rings. The maximum atomic E-state index is 11.4. The van der Waals surface area contributed by atoms with Crippen LogP contribution in [0.2, 0.25) is 0 Å². The summed E-state index contributed by atoms with van der Waals surface area (Å²) >= 11 is 5.15. The van der Waals surface area contributed by atoms with Crippen LogP contribution in [0, 0.1) is 5.92 Å². The van der Waals surface area contributed by atoms with Crippen LogP contribution in [0.4, 0.5) is 0 Å². The van der Waals surface area contributed by atoms with E-state index < -0.39 is 0 Å². The molecule has 74 valence electrons. The molecule has 0 aromatic heterocycles. The Balaban J connectivity index is 2.03. The lowest BCUT2D eigenvalue weighted by Gasteiger charge is -2.06. The van der Waals surface area contributed by atoms with E-state index >= 15 is 0 Å². The van der Waals surface area contributed by atoms with Gasteiger partial charge in [-0.1, -0.05) is 28.1 Å². The molecule has 2 rings (SSSR count). The fraction of sp³-hybridized carbons (Fsp3) is 0.364. The van der Waals surface area contributed by atoms with Crippen molar-refractivity contribution in [3.05, 3.63) is 34.3 Å². The predicted molar refractivity (Wildman–Crippen MR) is 63.7 cm³/mol. The number of rotatable bonds is 2. The van der Waals surface area contributed by atoms with Crippen LogP contribution >= 0.6 is 27.7 Å². The normalized spacial score (nSPS) is 21.5. The van der Waals surface area contributed by atoms with Crippen LogP contribution in [0.3, 0.4) is 0 Å². The van der Waals surface area contributed by atoms with Gasteiger partial charge in [0.05, 0.1) is 5.75 Å². The second-order valence-corrected chi connectivity index (χ2v) is 5.45. The minimum absolute atomic E-state index is 0.251. The van der Waals surface area contributed by atoms with Gasteiger partial charge in [0.2, 0.25) is 0 Å². The molecule has 1 saturated heterocycles. The molecule has 1 aromatic carbocycles. The molecule has 1 unspecified atom stereocenters. The van der Waals surface area contributed by atoms with E-state index in [4.69, 9.17) is 0 Å². The van der Waals surface area contributed by atoms with Gasteiger partial charge in [-0.25, -0.2) is 0 Å². The highest BCUT2D eigenvalue weighted by Gasteiger charge is 2.24. The zero-order valence-corrected chi connectivity index (χ0v) is 10.1. The van der Waals surface area contributed by atoms with Gasteiger partial charge in [-0.2, -0.15) is 11.8 Å². The van der Waals surface area contributed by atoms with E-state index in [1.807, 2.05) is 12.1 Å². The molecule has 0 radical (unpaired) electrons. The molecule has 1 aliphatic rings. The molecular weight excluding hydrogens is 260 g/mol. The first-order valence-electron chi connectivity index (χ1n) is 4.60. The van der Waals surface area contributed by atoms with E-state index in [1.54, 1.807) is 11.8 Å². The third-order valence-corrected chi connectivity index (χ3v) is 4.07. The van der Waals surface area contributed by atoms with Crippen molar-refractivity contribution in [2.24, 2.45) is 5.92 Å².